The molecule has 0 amide bonds. The average molecular weight is 589 g/mol. The van der Waals surface area contributed by atoms with Gasteiger partial charge in [0, 0.05) is 23.3 Å². The van der Waals surface area contributed by atoms with E-state index in [4.69, 9.17) is 23.4 Å². The summed E-state index contributed by atoms with van der Waals surface area (Å²) in [6, 6.07) is 14.7. The smallest absolute Gasteiger partial charge is 0.338 e. The minimum Gasteiger partial charge on any atom is -0.497 e. The Balaban J connectivity index is 1.66. The summed E-state index contributed by atoms with van der Waals surface area (Å²) in [7, 11) is 4.37. The molecule has 0 aliphatic carbocycles. The molecule has 1 atom stereocenters. The van der Waals surface area contributed by atoms with E-state index < -0.39 is 18.0 Å². The summed E-state index contributed by atoms with van der Waals surface area (Å²) in [4.78, 5) is 44.4. The number of methoxy groups -OCH3 is 3. The molecule has 3 heterocycles. The summed E-state index contributed by atoms with van der Waals surface area (Å²) in [5, 5.41) is 0. The summed E-state index contributed by atoms with van der Waals surface area (Å²) in [6.45, 7) is 3.59. The summed E-state index contributed by atoms with van der Waals surface area (Å²) >= 11 is 1.17. The molecule has 0 N–H and O–H groups in total. The first kappa shape index (κ1) is 28.6. The SMILES string of the molecule is CCOC(=O)C1=C(C)N=c2s/c(=C/c3ccc(-c4ccccc4C(=O)OC)o3)c(=O)n2C1c1ccc(OC)cc1OC. The molecule has 11 heteroatoms. The molecule has 10 nitrogen and oxygen atoms in total. The highest BCUT2D eigenvalue weighted by Crippen LogP contribution is 2.37. The van der Waals surface area contributed by atoms with Crippen molar-refractivity contribution >= 4 is 29.4 Å². The molecule has 2 aromatic heterocycles. The minimum atomic E-state index is -0.859. The number of nitrogens with zero attached hydrogens (tertiary/aromatic N) is 2. The van der Waals surface area contributed by atoms with Gasteiger partial charge in [0.2, 0.25) is 0 Å². The lowest BCUT2D eigenvalue weighted by Crippen LogP contribution is -2.40. The molecule has 5 rings (SSSR count). The number of esters is 2. The maximum atomic E-state index is 14.0. The number of ether oxygens (including phenoxy) is 4. The van der Waals surface area contributed by atoms with Crippen LogP contribution in [0.25, 0.3) is 17.4 Å². The van der Waals surface area contributed by atoms with Crippen LogP contribution in [0.4, 0.5) is 0 Å². The molecule has 4 aromatic rings. The highest BCUT2D eigenvalue weighted by Gasteiger charge is 2.35. The van der Waals surface area contributed by atoms with Crippen LogP contribution in [0, 0.1) is 0 Å². The van der Waals surface area contributed by atoms with Crippen LogP contribution in [0.15, 0.2) is 80.1 Å². The third-order valence-electron chi connectivity index (χ3n) is 6.75. The molecule has 2 aromatic carbocycles. The Morgan fingerprint density at radius 3 is 2.55 bits per heavy atom. The van der Waals surface area contributed by atoms with E-state index in [1.165, 1.54) is 30.1 Å². The van der Waals surface area contributed by atoms with Gasteiger partial charge in [0.1, 0.15) is 29.1 Å². The Labute approximate surface area is 244 Å². The number of hydrogen-bond acceptors (Lipinski definition) is 10. The van der Waals surface area contributed by atoms with Crippen LogP contribution < -0.4 is 24.4 Å². The molecule has 0 saturated carbocycles. The lowest BCUT2D eigenvalue weighted by molar-refractivity contribution is -0.139. The number of carbonyl (C=O) groups is 2. The fourth-order valence-corrected chi connectivity index (χ4v) is 5.85. The zero-order chi connectivity index (χ0) is 30.0. The van der Waals surface area contributed by atoms with Crippen molar-refractivity contribution in [2.75, 3.05) is 27.9 Å². The van der Waals surface area contributed by atoms with Crippen LogP contribution >= 0.6 is 11.3 Å². The zero-order valence-corrected chi connectivity index (χ0v) is 24.4. The van der Waals surface area contributed by atoms with Crippen LogP contribution in [-0.4, -0.2) is 44.4 Å². The van der Waals surface area contributed by atoms with Gasteiger partial charge < -0.3 is 23.4 Å². The van der Waals surface area contributed by atoms with Crippen LogP contribution in [0.3, 0.4) is 0 Å². The maximum absolute atomic E-state index is 14.0. The van der Waals surface area contributed by atoms with Gasteiger partial charge in [0.05, 0.1) is 49.3 Å². The van der Waals surface area contributed by atoms with Crippen LogP contribution in [-0.2, 0) is 14.3 Å². The summed E-state index contributed by atoms with van der Waals surface area (Å²) < 4.78 is 29.1. The van der Waals surface area contributed by atoms with Crippen molar-refractivity contribution in [3.8, 4) is 22.8 Å². The van der Waals surface area contributed by atoms with Gasteiger partial charge in [-0.15, -0.1) is 0 Å². The van der Waals surface area contributed by atoms with Crippen molar-refractivity contribution in [1.82, 2.24) is 4.57 Å². The fraction of sp³-hybridized carbons (Fsp3) is 0.226. The number of hydrogen-bond donors (Lipinski definition) is 0. The van der Waals surface area contributed by atoms with Crippen molar-refractivity contribution in [2.24, 2.45) is 4.99 Å². The third-order valence-corrected chi connectivity index (χ3v) is 7.73. The van der Waals surface area contributed by atoms with Crippen molar-refractivity contribution < 1.29 is 33.0 Å². The number of benzene rings is 2. The van der Waals surface area contributed by atoms with Crippen molar-refractivity contribution in [3.05, 3.63) is 102 Å². The fourth-order valence-electron chi connectivity index (χ4n) is 4.82. The van der Waals surface area contributed by atoms with Gasteiger partial charge in [-0.2, -0.15) is 0 Å². The van der Waals surface area contributed by atoms with Gasteiger partial charge in [0.25, 0.3) is 5.56 Å². The number of allylic oxidation sites excluding steroid dienone is 1. The topological polar surface area (TPSA) is 119 Å². The van der Waals surface area contributed by atoms with Crippen LogP contribution in [0.5, 0.6) is 11.5 Å². The van der Waals surface area contributed by atoms with Crippen molar-refractivity contribution in [1.29, 1.82) is 0 Å². The number of fused-ring (bicyclic) bond motifs is 1. The lowest BCUT2D eigenvalue weighted by atomic mass is 9.95. The second-order valence-corrected chi connectivity index (χ2v) is 10.2. The van der Waals surface area contributed by atoms with Gasteiger partial charge in [0.15, 0.2) is 4.80 Å². The van der Waals surface area contributed by atoms with E-state index in [-0.39, 0.29) is 17.7 Å². The second-order valence-electron chi connectivity index (χ2n) is 9.15. The first-order chi connectivity index (χ1) is 20.3. The van der Waals surface area contributed by atoms with E-state index in [2.05, 4.69) is 4.99 Å². The molecule has 0 saturated heterocycles. The second kappa shape index (κ2) is 11.9. The quantitative estimate of drug-likeness (QED) is 0.285. The van der Waals surface area contributed by atoms with Crippen LogP contribution in [0.2, 0.25) is 0 Å². The van der Waals surface area contributed by atoms with Gasteiger partial charge in [-0.3, -0.25) is 9.36 Å². The third kappa shape index (κ3) is 5.14. The summed E-state index contributed by atoms with van der Waals surface area (Å²) in [5.74, 6) is 0.773. The first-order valence-electron chi connectivity index (χ1n) is 13.0. The largest absolute Gasteiger partial charge is 0.497 e. The normalized spacial score (nSPS) is 14.7. The molecular weight excluding hydrogens is 560 g/mol. The Kier molecular flexibility index (Phi) is 8.12. The predicted octanol–water partition coefficient (Wildman–Crippen LogP) is 3.86. The Morgan fingerprint density at radius 1 is 1.05 bits per heavy atom. The van der Waals surface area contributed by atoms with E-state index in [9.17, 15) is 14.4 Å². The first-order valence-corrected chi connectivity index (χ1v) is 13.8. The maximum Gasteiger partial charge on any atom is 0.338 e. The van der Waals surface area contributed by atoms with E-state index in [0.29, 0.717) is 54.7 Å². The molecular formula is C31H28N2O8S. The molecule has 42 heavy (non-hydrogen) atoms. The number of thiazole rings is 1. The number of carbonyl (C=O) groups excluding carboxylic acids is 2. The standard InChI is InChI=1S/C31H28N2O8S/c1-6-40-30(36)26-17(2)32-31-33(27(26)22-13-11-18(37-3)15-24(22)38-4)28(34)25(42-31)16-19-12-14-23(41-19)20-9-7-8-10-21(20)29(35)39-5/h7-16,27H,6H2,1-5H3/b25-16+. The van der Waals surface area contributed by atoms with E-state index in [1.807, 2.05) is 0 Å². The van der Waals surface area contributed by atoms with E-state index >= 15 is 0 Å². The van der Waals surface area contributed by atoms with E-state index in [1.54, 1.807) is 81.6 Å². The summed E-state index contributed by atoms with van der Waals surface area (Å²) in [5.41, 5.74) is 1.79. The molecule has 216 valence electrons. The highest BCUT2D eigenvalue weighted by atomic mass is 32.1. The summed E-state index contributed by atoms with van der Waals surface area (Å²) in [6.07, 6.45) is 1.61. The minimum absolute atomic E-state index is 0.159. The van der Waals surface area contributed by atoms with Crippen LogP contribution in [0.1, 0.15) is 41.6 Å². The number of aromatic nitrogens is 1. The molecule has 0 spiro atoms. The molecule has 1 aliphatic rings. The Hall–Kier alpha value is -4.90. The van der Waals surface area contributed by atoms with Crippen molar-refractivity contribution in [2.45, 2.75) is 19.9 Å². The van der Waals surface area contributed by atoms with E-state index in [0.717, 1.165) is 0 Å². The number of rotatable bonds is 8. The predicted molar refractivity (Wildman–Crippen MR) is 155 cm³/mol. The molecule has 0 fully saturated rings. The van der Waals surface area contributed by atoms with Gasteiger partial charge in [-0.05, 0) is 44.2 Å². The highest BCUT2D eigenvalue weighted by molar-refractivity contribution is 7.07. The Morgan fingerprint density at radius 2 is 1.83 bits per heavy atom. The molecule has 1 aliphatic heterocycles. The lowest BCUT2D eigenvalue weighted by Gasteiger charge is -2.26. The number of furan rings is 1. The monoisotopic (exact) mass is 588 g/mol. The zero-order valence-electron chi connectivity index (χ0n) is 23.6. The van der Waals surface area contributed by atoms with Gasteiger partial charge in [-0.1, -0.05) is 29.5 Å². The van der Waals surface area contributed by atoms with Gasteiger partial charge in [-0.25, -0.2) is 14.6 Å². The average Bonchev–Trinajstić information content (AvgIpc) is 3.59. The molecule has 0 bridgehead atoms. The van der Waals surface area contributed by atoms with Gasteiger partial charge >= 0.3 is 11.9 Å². The van der Waals surface area contributed by atoms with Crippen molar-refractivity contribution in [3.63, 3.8) is 0 Å². The molecule has 1 unspecified atom stereocenters. The Bertz CT molecular complexity index is 1900. The molecule has 0 radical (unpaired) electrons.